The quantitative estimate of drug-likeness (QED) is 0.868. The lowest BCUT2D eigenvalue weighted by Crippen LogP contribution is -2.07. The van der Waals surface area contributed by atoms with E-state index in [-0.39, 0.29) is 6.04 Å². The van der Waals surface area contributed by atoms with E-state index >= 15 is 0 Å². The molecule has 3 heteroatoms. The number of rotatable bonds is 3. The third kappa shape index (κ3) is 2.31. The molecule has 2 N–H and O–H groups in total. The molecule has 1 heterocycles. The highest BCUT2D eigenvalue weighted by atomic mass is 79.9. The van der Waals surface area contributed by atoms with E-state index in [1.807, 2.05) is 0 Å². The van der Waals surface area contributed by atoms with Gasteiger partial charge < -0.3 is 5.73 Å². The summed E-state index contributed by atoms with van der Waals surface area (Å²) in [5.41, 5.74) is 7.27. The van der Waals surface area contributed by atoms with E-state index in [1.165, 1.54) is 14.2 Å². The Labute approximate surface area is 86.1 Å². The van der Waals surface area contributed by atoms with Crippen LogP contribution in [0.4, 0.5) is 0 Å². The van der Waals surface area contributed by atoms with Crippen molar-refractivity contribution in [2.24, 2.45) is 5.73 Å². The van der Waals surface area contributed by atoms with Crippen LogP contribution in [0.3, 0.4) is 0 Å². The minimum Gasteiger partial charge on any atom is -0.323 e. The molecule has 1 aromatic rings. The van der Waals surface area contributed by atoms with Crippen LogP contribution >= 0.6 is 27.3 Å². The van der Waals surface area contributed by atoms with Crippen molar-refractivity contribution < 1.29 is 0 Å². The zero-order valence-electron chi connectivity index (χ0n) is 7.43. The lowest BCUT2D eigenvalue weighted by molar-refractivity contribution is 0.648. The SMILES string of the molecule is CCC[C@H](N)c1cc(C)c(Br)s1. The summed E-state index contributed by atoms with van der Waals surface area (Å²) in [5, 5.41) is 0. The summed E-state index contributed by atoms with van der Waals surface area (Å²) >= 11 is 5.25. The Morgan fingerprint density at radius 1 is 1.67 bits per heavy atom. The first-order valence-corrected chi connectivity index (χ1v) is 5.77. The molecule has 1 rings (SSSR count). The number of thiophene rings is 1. The molecule has 0 aromatic carbocycles. The Hall–Kier alpha value is 0.140. The van der Waals surface area contributed by atoms with Crippen LogP contribution < -0.4 is 5.73 Å². The van der Waals surface area contributed by atoms with Gasteiger partial charge in [-0.1, -0.05) is 13.3 Å². The highest BCUT2D eigenvalue weighted by molar-refractivity contribution is 9.11. The van der Waals surface area contributed by atoms with Crippen molar-refractivity contribution in [3.8, 4) is 0 Å². The van der Waals surface area contributed by atoms with Gasteiger partial charge in [0, 0.05) is 10.9 Å². The van der Waals surface area contributed by atoms with Crippen molar-refractivity contribution in [2.45, 2.75) is 32.7 Å². The van der Waals surface area contributed by atoms with E-state index in [4.69, 9.17) is 5.73 Å². The molecule has 0 aliphatic carbocycles. The monoisotopic (exact) mass is 247 g/mol. The second-order valence-electron chi connectivity index (χ2n) is 3.00. The Balaban J connectivity index is 2.74. The standard InChI is InChI=1S/C9H14BrNS/c1-3-4-7(11)8-5-6(2)9(10)12-8/h5,7H,3-4,11H2,1-2H3/t7-/m0/s1. The third-order valence-corrected chi connectivity index (χ3v) is 4.11. The fourth-order valence-corrected chi connectivity index (χ4v) is 2.73. The molecule has 0 aliphatic heterocycles. The first-order valence-electron chi connectivity index (χ1n) is 4.16. The number of aryl methyl sites for hydroxylation is 1. The highest BCUT2D eigenvalue weighted by Gasteiger charge is 2.09. The molecule has 0 fully saturated rings. The van der Waals surface area contributed by atoms with Crippen molar-refractivity contribution in [1.82, 2.24) is 0 Å². The molecule has 0 saturated heterocycles. The number of hydrogen-bond acceptors (Lipinski definition) is 2. The van der Waals surface area contributed by atoms with Crippen LogP contribution in [0.25, 0.3) is 0 Å². The fourth-order valence-electron chi connectivity index (χ4n) is 1.12. The predicted octanol–water partition coefficient (Wildman–Crippen LogP) is 3.62. The van der Waals surface area contributed by atoms with Crippen LogP contribution in [-0.4, -0.2) is 0 Å². The van der Waals surface area contributed by atoms with Gasteiger partial charge in [0.25, 0.3) is 0 Å². The van der Waals surface area contributed by atoms with Crippen molar-refractivity contribution in [3.05, 3.63) is 20.3 Å². The summed E-state index contributed by atoms with van der Waals surface area (Å²) in [6.45, 7) is 4.26. The van der Waals surface area contributed by atoms with Crippen LogP contribution in [-0.2, 0) is 0 Å². The van der Waals surface area contributed by atoms with Crippen LogP contribution in [0.2, 0.25) is 0 Å². The maximum absolute atomic E-state index is 5.98. The van der Waals surface area contributed by atoms with Crippen LogP contribution in [0, 0.1) is 6.92 Å². The number of hydrogen-bond donors (Lipinski definition) is 1. The van der Waals surface area contributed by atoms with E-state index < -0.39 is 0 Å². The Bertz CT molecular complexity index is 238. The number of halogens is 1. The van der Waals surface area contributed by atoms with Gasteiger partial charge in [-0.25, -0.2) is 0 Å². The highest BCUT2D eigenvalue weighted by Crippen LogP contribution is 2.31. The van der Waals surface area contributed by atoms with Gasteiger partial charge >= 0.3 is 0 Å². The first-order chi connectivity index (χ1) is 5.65. The molecule has 1 atom stereocenters. The van der Waals surface area contributed by atoms with Gasteiger partial charge in [0.05, 0.1) is 3.79 Å². The van der Waals surface area contributed by atoms with Crippen LogP contribution in [0.1, 0.15) is 36.2 Å². The molecule has 0 amide bonds. The van der Waals surface area contributed by atoms with Crippen molar-refractivity contribution >= 4 is 27.3 Å². The van der Waals surface area contributed by atoms with Gasteiger partial charge in [0.1, 0.15) is 0 Å². The van der Waals surface area contributed by atoms with Crippen molar-refractivity contribution in [3.63, 3.8) is 0 Å². The molecule has 0 spiro atoms. The van der Waals surface area contributed by atoms with E-state index in [0.717, 1.165) is 12.8 Å². The summed E-state index contributed by atoms with van der Waals surface area (Å²) in [4.78, 5) is 1.29. The second-order valence-corrected chi connectivity index (χ2v) is 5.40. The topological polar surface area (TPSA) is 26.0 Å². The van der Waals surface area contributed by atoms with Crippen molar-refractivity contribution in [1.29, 1.82) is 0 Å². The molecule has 68 valence electrons. The third-order valence-electron chi connectivity index (χ3n) is 1.84. The Kier molecular flexibility index (Phi) is 3.75. The maximum atomic E-state index is 5.98. The Morgan fingerprint density at radius 3 is 2.75 bits per heavy atom. The summed E-state index contributed by atoms with van der Waals surface area (Å²) in [6, 6.07) is 2.40. The normalized spacial score (nSPS) is 13.3. The summed E-state index contributed by atoms with van der Waals surface area (Å²) in [5.74, 6) is 0. The summed E-state index contributed by atoms with van der Waals surface area (Å²) in [7, 11) is 0. The molecular weight excluding hydrogens is 234 g/mol. The van der Waals surface area contributed by atoms with Crippen LogP contribution in [0.15, 0.2) is 9.85 Å². The maximum Gasteiger partial charge on any atom is 0.0731 e. The minimum atomic E-state index is 0.227. The zero-order valence-corrected chi connectivity index (χ0v) is 9.83. The molecule has 0 unspecified atom stereocenters. The average Bonchev–Trinajstić information content (AvgIpc) is 2.33. The van der Waals surface area contributed by atoms with Gasteiger partial charge in [-0.2, -0.15) is 0 Å². The van der Waals surface area contributed by atoms with E-state index in [0.29, 0.717) is 0 Å². The van der Waals surface area contributed by atoms with Gasteiger partial charge in [0.15, 0.2) is 0 Å². The van der Waals surface area contributed by atoms with Gasteiger partial charge in [-0.15, -0.1) is 11.3 Å². The molecule has 1 nitrogen and oxygen atoms in total. The molecule has 0 aliphatic rings. The summed E-state index contributed by atoms with van der Waals surface area (Å²) < 4.78 is 1.21. The molecular formula is C9H14BrNS. The van der Waals surface area contributed by atoms with E-state index in [9.17, 15) is 0 Å². The average molecular weight is 248 g/mol. The van der Waals surface area contributed by atoms with Crippen molar-refractivity contribution in [2.75, 3.05) is 0 Å². The largest absolute Gasteiger partial charge is 0.323 e. The minimum absolute atomic E-state index is 0.227. The second kappa shape index (κ2) is 4.40. The fraction of sp³-hybridized carbons (Fsp3) is 0.556. The molecule has 0 bridgehead atoms. The van der Waals surface area contributed by atoms with E-state index in [2.05, 4.69) is 35.8 Å². The first kappa shape index (κ1) is 10.2. The van der Waals surface area contributed by atoms with Gasteiger partial charge in [-0.05, 0) is 40.9 Å². The zero-order chi connectivity index (χ0) is 9.14. The van der Waals surface area contributed by atoms with Crippen LogP contribution in [0.5, 0.6) is 0 Å². The van der Waals surface area contributed by atoms with Gasteiger partial charge in [-0.3, -0.25) is 0 Å². The molecule has 12 heavy (non-hydrogen) atoms. The molecule has 1 aromatic heterocycles. The lowest BCUT2D eigenvalue weighted by atomic mass is 10.1. The Morgan fingerprint density at radius 2 is 2.33 bits per heavy atom. The summed E-state index contributed by atoms with van der Waals surface area (Å²) in [6.07, 6.45) is 2.22. The molecule has 0 saturated carbocycles. The predicted molar refractivity (Wildman–Crippen MR) is 58.6 cm³/mol. The van der Waals surface area contributed by atoms with E-state index in [1.54, 1.807) is 11.3 Å². The molecule has 0 radical (unpaired) electrons. The lowest BCUT2D eigenvalue weighted by Gasteiger charge is -2.05. The smallest absolute Gasteiger partial charge is 0.0731 e. The number of nitrogens with two attached hydrogens (primary N) is 1. The van der Waals surface area contributed by atoms with Gasteiger partial charge in [0.2, 0.25) is 0 Å².